The monoisotopic (exact) mass is 660 g/mol. The van der Waals surface area contributed by atoms with E-state index in [-0.39, 0.29) is 12.5 Å². The topological polar surface area (TPSA) is 69.6 Å². The summed E-state index contributed by atoms with van der Waals surface area (Å²) in [5.41, 5.74) is 0. The fraction of sp³-hybridized carbons (Fsp3) is 0.837. The molecule has 1 amide bonds. The van der Waals surface area contributed by atoms with Gasteiger partial charge in [-0.1, -0.05) is 192 Å². The second-order valence-corrected chi connectivity index (χ2v) is 14.1. The number of rotatable bonds is 37. The number of hydrogen-bond acceptors (Lipinski definition) is 3. The zero-order valence-corrected chi connectivity index (χ0v) is 31.5. The van der Waals surface area contributed by atoms with Crippen molar-refractivity contribution in [2.45, 2.75) is 225 Å². The van der Waals surface area contributed by atoms with Crippen LogP contribution in [0.2, 0.25) is 0 Å². The van der Waals surface area contributed by atoms with E-state index in [0.29, 0.717) is 12.8 Å². The number of amides is 1. The van der Waals surface area contributed by atoms with Gasteiger partial charge < -0.3 is 15.5 Å². The van der Waals surface area contributed by atoms with Gasteiger partial charge in [-0.15, -0.1) is 0 Å². The molecule has 0 rings (SSSR count). The van der Waals surface area contributed by atoms with E-state index < -0.39 is 12.1 Å². The maximum Gasteiger partial charge on any atom is 0.220 e. The first kappa shape index (κ1) is 45.6. The van der Waals surface area contributed by atoms with Crippen LogP contribution in [-0.4, -0.2) is 34.9 Å². The number of allylic oxidation sites excluding steroid dienone is 6. The third-order valence-electron chi connectivity index (χ3n) is 9.40. The van der Waals surface area contributed by atoms with Gasteiger partial charge in [0.25, 0.3) is 0 Å². The summed E-state index contributed by atoms with van der Waals surface area (Å²) in [5, 5.41) is 23.1. The molecular weight excluding hydrogens is 578 g/mol. The minimum absolute atomic E-state index is 0.0442. The average Bonchev–Trinajstić information content (AvgIpc) is 3.07. The van der Waals surface area contributed by atoms with Crippen molar-refractivity contribution in [3.8, 4) is 0 Å². The smallest absolute Gasteiger partial charge is 0.220 e. The van der Waals surface area contributed by atoms with E-state index in [9.17, 15) is 15.0 Å². The van der Waals surface area contributed by atoms with Crippen LogP contribution in [0, 0.1) is 0 Å². The third-order valence-corrected chi connectivity index (χ3v) is 9.40. The van der Waals surface area contributed by atoms with E-state index in [2.05, 4.69) is 55.6 Å². The van der Waals surface area contributed by atoms with Gasteiger partial charge in [-0.2, -0.15) is 0 Å². The van der Waals surface area contributed by atoms with Gasteiger partial charge in [0.05, 0.1) is 18.8 Å². The molecule has 0 heterocycles. The first-order valence-electron chi connectivity index (χ1n) is 20.7. The quantitative estimate of drug-likeness (QED) is 0.0459. The molecule has 0 aliphatic carbocycles. The van der Waals surface area contributed by atoms with Crippen LogP contribution in [-0.2, 0) is 4.79 Å². The molecule has 0 bridgehead atoms. The van der Waals surface area contributed by atoms with Crippen LogP contribution in [0.3, 0.4) is 0 Å². The molecule has 4 nitrogen and oxygen atoms in total. The van der Waals surface area contributed by atoms with Gasteiger partial charge in [-0.3, -0.25) is 4.79 Å². The largest absolute Gasteiger partial charge is 0.394 e. The molecule has 2 unspecified atom stereocenters. The molecule has 0 spiro atoms. The molecule has 0 saturated carbocycles. The molecule has 2 atom stereocenters. The highest BCUT2D eigenvalue weighted by molar-refractivity contribution is 5.76. The van der Waals surface area contributed by atoms with Crippen molar-refractivity contribution in [2.24, 2.45) is 0 Å². The Labute approximate surface area is 293 Å². The van der Waals surface area contributed by atoms with Crippen LogP contribution in [0.5, 0.6) is 0 Å². The molecule has 276 valence electrons. The Kier molecular flexibility index (Phi) is 37.9. The van der Waals surface area contributed by atoms with Crippen LogP contribution < -0.4 is 5.32 Å². The lowest BCUT2D eigenvalue weighted by Gasteiger charge is -2.22. The summed E-state index contributed by atoms with van der Waals surface area (Å²) in [6, 6.07) is -0.542. The number of carbonyl (C=O) groups excluding carboxylic acids is 1. The molecule has 0 aliphatic rings. The molecule has 0 aromatic rings. The van der Waals surface area contributed by atoms with Crippen LogP contribution in [0.15, 0.2) is 36.5 Å². The molecule has 47 heavy (non-hydrogen) atoms. The summed E-state index contributed by atoms with van der Waals surface area (Å²) in [7, 11) is 0. The maximum absolute atomic E-state index is 12.4. The van der Waals surface area contributed by atoms with E-state index in [0.717, 1.165) is 51.4 Å². The van der Waals surface area contributed by atoms with Gasteiger partial charge in [0.2, 0.25) is 5.91 Å². The van der Waals surface area contributed by atoms with E-state index in [1.165, 1.54) is 135 Å². The van der Waals surface area contributed by atoms with Crippen molar-refractivity contribution in [3.05, 3.63) is 36.5 Å². The van der Waals surface area contributed by atoms with Crippen LogP contribution in [0.4, 0.5) is 0 Å². The first-order valence-corrected chi connectivity index (χ1v) is 20.7. The Bertz CT molecular complexity index is 716. The minimum atomic E-state index is -0.664. The Hall–Kier alpha value is -1.39. The van der Waals surface area contributed by atoms with E-state index >= 15 is 0 Å². The summed E-state index contributed by atoms with van der Waals surface area (Å²) < 4.78 is 0. The van der Waals surface area contributed by atoms with Crippen LogP contribution >= 0.6 is 0 Å². The SMILES string of the molecule is CCCCC/C=C\C/C=C\C/C=C\CCCCCCCCC(=O)NC(CO)C(O)CCCCCCCCCCCCCCCCCC. The van der Waals surface area contributed by atoms with Gasteiger partial charge >= 0.3 is 0 Å². The second kappa shape index (κ2) is 39.1. The molecular formula is C43H81NO3. The normalized spacial score (nSPS) is 13.4. The molecule has 0 aromatic carbocycles. The van der Waals surface area contributed by atoms with Gasteiger partial charge in [0.15, 0.2) is 0 Å². The standard InChI is InChI=1S/C43H81NO3/c1-3-5-7-9-11-13-15-17-19-21-22-23-25-27-29-31-33-35-37-39-43(47)44-41(40-45)42(46)38-36-34-32-30-28-26-24-20-18-16-14-12-10-8-6-4-2/h11,13,17,19,22-23,41-42,45-46H,3-10,12,14-16,18,20-21,24-40H2,1-2H3,(H,44,47)/b13-11-,19-17-,23-22-. The molecule has 0 radical (unpaired) electrons. The van der Waals surface area contributed by atoms with E-state index in [1.54, 1.807) is 0 Å². The van der Waals surface area contributed by atoms with Crippen molar-refractivity contribution < 1.29 is 15.0 Å². The minimum Gasteiger partial charge on any atom is -0.394 e. The van der Waals surface area contributed by atoms with Crippen molar-refractivity contribution in [2.75, 3.05) is 6.61 Å². The summed E-state index contributed by atoms with van der Waals surface area (Å²) >= 11 is 0. The zero-order valence-electron chi connectivity index (χ0n) is 31.5. The van der Waals surface area contributed by atoms with Gasteiger partial charge in [0.1, 0.15) is 0 Å². The molecule has 0 aliphatic heterocycles. The summed E-state index contributed by atoms with van der Waals surface area (Å²) in [6.45, 7) is 4.33. The molecule has 0 fully saturated rings. The lowest BCUT2D eigenvalue weighted by atomic mass is 10.0. The predicted molar refractivity (Wildman–Crippen MR) is 207 cm³/mol. The second-order valence-electron chi connectivity index (χ2n) is 14.1. The maximum atomic E-state index is 12.4. The molecule has 0 saturated heterocycles. The molecule has 3 N–H and O–H groups in total. The van der Waals surface area contributed by atoms with Gasteiger partial charge in [-0.05, 0) is 51.4 Å². The van der Waals surface area contributed by atoms with E-state index in [4.69, 9.17) is 0 Å². The summed E-state index contributed by atoms with van der Waals surface area (Å²) in [4.78, 5) is 12.4. The average molecular weight is 660 g/mol. The highest BCUT2D eigenvalue weighted by Gasteiger charge is 2.19. The number of nitrogens with one attached hydrogen (secondary N) is 1. The third kappa shape index (κ3) is 35.7. The number of hydrogen-bond donors (Lipinski definition) is 3. The lowest BCUT2D eigenvalue weighted by Crippen LogP contribution is -2.45. The Balaban J connectivity index is 3.58. The fourth-order valence-corrected chi connectivity index (χ4v) is 6.19. The zero-order chi connectivity index (χ0) is 34.3. The van der Waals surface area contributed by atoms with Crippen LogP contribution in [0.1, 0.15) is 213 Å². The highest BCUT2D eigenvalue weighted by atomic mass is 16.3. The number of carbonyl (C=O) groups is 1. The van der Waals surface area contributed by atoms with Crippen LogP contribution in [0.25, 0.3) is 0 Å². The van der Waals surface area contributed by atoms with Crippen molar-refractivity contribution >= 4 is 5.91 Å². The number of aliphatic hydroxyl groups is 2. The molecule has 0 aromatic heterocycles. The Morgan fingerprint density at radius 2 is 0.872 bits per heavy atom. The van der Waals surface area contributed by atoms with Gasteiger partial charge in [0, 0.05) is 6.42 Å². The summed E-state index contributed by atoms with van der Waals surface area (Å²) in [6.07, 6.45) is 50.6. The number of aliphatic hydroxyl groups excluding tert-OH is 2. The predicted octanol–water partition coefficient (Wildman–Crippen LogP) is 12.6. The van der Waals surface area contributed by atoms with Crippen molar-refractivity contribution in [1.29, 1.82) is 0 Å². The van der Waals surface area contributed by atoms with Crippen molar-refractivity contribution in [1.82, 2.24) is 5.32 Å². The summed E-state index contributed by atoms with van der Waals surface area (Å²) in [5.74, 6) is -0.0442. The van der Waals surface area contributed by atoms with Gasteiger partial charge in [-0.25, -0.2) is 0 Å². The Morgan fingerprint density at radius 1 is 0.511 bits per heavy atom. The highest BCUT2D eigenvalue weighted by Crippen LogP contribution is 2.15. The lowest BCUT2D eigenvalue weighted by molar-refractivity contribution is -0.123. The molecule has 4 heteroatoms. The Morgan fingerprint density at radius 3 is 1.34 bits per heavy atom. The van der Waals surface area contributed by atoms with Crippen molar-refractivity contribution in [3.63, 3.8) is 0 Å². The fourth-order valence-electron chi connectivity index (χ4n) is 6.19. The first-order chi connectivity index (χ1) is 23.2. The number of unbranched alkanes of at least 4 members (excludes halogenated alkanes) is 24. The van der Waals surface area contributed by atoms with E-state index in [1.807, 2.05) is 0 Å².